The predicted molar refractivity (Wildman–Crippen MR) is 105 cm³/mol. The first-order valence-corrected chi connectivity index (χ1v) is 8.83. The summed E-state index contributed by atoms with van der Waals surface area (Å²) in [6.45, 7) is 0. The number of anilines is 1. The number of aliphatic hydroxyl groups excluding tert-OH is 1. The standard InChI is InChI=1S/C21H14ClN3O3/c22-16-9-5-4-8-15(16)18-17(19(26)13-6-2-1-3-7-13)20(27)21(28)25(18)14-10-23-12-24-11-14/h1-12,18,26H/b19-17+. The number of hydrogen-bond donors (Lipinski definition) is 1. The summed E-state index contributed by atoms with van der Waals surface area (Å²) in [5.74, 6) is -1.84. The molecule has 2 aromatic carbocycles. The van der Waals surface area contributed by atoms with Crippen LogP contribution >= 0.6 is 11.6 Å². The van der Waals surface area contributed by atoms with Crippen molar-refractivity contribution < 1.29 is 14.7 Å². The molecular formula is C21H14ClN3O3. The van der Waals surface area contributed by atoms with Gasteiger partial charge in [0.05, 0.1) is 29.7 Å². The van der Waals surface area contributed by atoms with Gasteiger partial charge in [0.1, 0.15) is 12.1 Å². The monoisotopic (exact) mass is 391 g/mol. The smallest absolute Gasteiger partial charge is 0.300 e. The van der Waals surface area contributed by atoms with Crippen molar-refractivity contribution in [1.29, 1.82) is 0 Å². The van der Waals surface area contributed by atoms with Crippen molar-refractivity contribution in [3.8, 4) is 0 Å². The highest BCUT2D eigenvalue weighted by atomic mass is 35.5. The maximum atomic E-state index is 12.9. The molecule has 0 aliphatic carbocycles. The lowest BCUT2D eigenvalue weighted by molar-refractivity contribution is -0.132. The first-order chi connectivity index (χ1) is 13.6. The Kier molecular flexibility index (Phi) is 4.63. The van der Waals surface area contributed by atoms with Crippen molar-refractivity contribution in [2.45, 2.75) is 6.04 Å². The number of aromatic nitrogens is 2. The minimum atomic E-state index is -0.903. The van der Waals surface area contributed by atoms with E-state index in [9.17, 15) is 14.7 Å². The summed E-state index contributed by atoms with van der Waals surface area (Å²) in [4.78, 5) is 34.9. The first-order valence-electron chi connectivity index (χ1n) is 8.45. The van der Waals surface area contributed by atoms with Crippen LogP contribution in [-0.2, 0) is 9.59 Å². The van der Waals surface area contributed by atoms with Crippen LogP contribution in [-0.4, -0.2) is 26.8 Å². The van der Waals surface area contributed by atoms with E-state index in [2.05, 4.69) is 9.97 Å². The third-order valence-corrected chi connectivity index (χ3v) is 4.86. The molecule has 1 unspecified atom stereocenters. The Morgan fingerprint density at radius 1 is 0.964 bits per heavy atom. The molecule has 0 saturated carbocycles. The quantitative estimate of drug-likeness (QED) is 0.417. The molecule has 1 saturated heterocycles. The molecular weight excluding hydrogens is 378 g/mol. The number of amides is 1. The molecule has 1 aliphatic rings. The van der Waals surface area contributed by atoms with Gasteiger partial charge in [0.25, 0.3) is 11.7 Å². The molecule has 6 nitrogen and oxygen atoms in total. The highest BCUT2D eigenvalue weighted by Gasteiger charge is 2.47. The minimum Gasteiger partial charge on any atom is -0.507 e. The summed E-state index contributed by atoms with van der Waals surface area (Å²) in [6, 6.07) is 14.6. The molecule has 3 aromatic rings. The number of hydrogen-bond acceptors (Lipinski definition) is 5. The summed E-state index contributed by atoms with van der Waals surface area (Å²) < 4.78 is 0. The zero-order valence-electron chi connectivity index (χ0n) is 14.5. The summed E-state index contributed by atoms with van der Waals surface area (Å²) >= 11 is 6.38. The van der Waals surface area contributed by atoms with Crippen LogP contribution in [0, 0.1) is 0 Å². The number of halogens is 1. The van der Waals surface area contributed by atoms with Crippen LogP contribution in [0.1, 0.15) is 17.2 Å². The van der Waals surface area contributed by atoms with Crippen LogP contribution in [0.25, 0.3) is 5.76 Å². The molecule has 1 amide bonds. The third-order valence-electron chi connectivity index (χ3n) is 4.52. The van der Waals surface area contributed by atoms with Gasteiger partial charge < -0.3 is 5.11 Å². The van der Waals surface area contributed by atoms with Gasteiger partial charge in [0.2, 0.25) is 0 Å². The average molecular weight is 392 g/mol. The third kappa shape index (κ3) is 2.93. The molecule has 1 atom stereocenters. The number of carbonyl (C=O) groups excluding carboxylic acids is 2. The fourth-order valence-electron chi connectivity index (χ4n) is 3.26. The van der Waals surface area contributed by atoms with Crippen molar-refractivity contribution in [3.63, 3.8) is 0 Å². The molecule has 1 aromatic heterocycles. The van der Waals surface area contributed by atoms with Gasteiger partial charge in [-0.1, -0.05) is 60.1 Å². The van der Waals surface area contributed by atoms with E-state index in [1.54, 1.807) is 54.6 Å². The van der Waals surface area contributed by atoms with Gasteiger partial charge in [-0.05, 0) is 11.6 Å². The van der Waals surface area contributed by atoms with E-state index in [1.807, 2.05) is 0 Å². The second kappa shape index (κ2) is 7.25. The molecule has 0 spiro atoms. The van der Waals surface area contributed by atoms with E-state index in [1.165, 1.54) is 23.6 Å². The Balaban J connectivity index is 1.98. The molecule has 138 valence electrons. The lowest BCUT2D eigenvalue weighted by Gasteiger charge is -2.25. The van der Waals surface area contributed by atoms with Crippen LogP contribution in [0.2, 0.25) is 5.02 Å². The Bertz CT molecular complexity index is 1080. The highest BCUT2D eigenvalue weighted by Crippen LogP contribution is 2.43. The van der Waals surface area contributed by atoms with Gasteiger partial charge in [-0.15, -0.1) is 0 Å². The van der Waals surface area contributed by atoms with E-state index in [4.69, 9.17) is 11.6 Å². The lowest BCUT2D eigenvalue weighted by Crippen LogP contribution is -2.29. The molecule has 7 heteroatoms. The Hall–Kier alpha value is -3.51. The van der Waals surface area contributed by atoms with E-state index < -0.39 is 17.7 Å². The van der Waals surface area contributed by atoms with E-state index >= 15 is 0 Å². The number of ketones is 1. The van der Waals surface area contributed by atoms with Gasteiger partial charge >= 0.3 is 0 Å². The molecule has 1 N–H and O–H groups in total. The second-order valence-corrected chi connectivity index (χ2v) is 6.56. The Labute approximate surface area is 165 Å². The largest absolute Gasteiger partial charge is 0.507 e. The normalized spacial score (nSPS) is 18.5. The van der Waals surface area contributed by atoms with Gasteiger partial charge in [-0.25, -0.2) is 9.97 Å². The van der Waals surface area contributed by atoms with Gasteiger partial charge in [-0.3, -0.25) is 14.5 Å². The van der Waals surface area contributed by atoms with Crippen molar-refractivity contribution >= 4 is 34.7 Å². The average Bonchev–Trinajstić information content (AvgIpc) is 3.00. The first kappa shape index (κ1) is 17.9. The lowest BCUT2D eigenvalue weighted by atomic mass is 9.95. The number of nitrogens with zero attached hydrogens (tertiary/aromatic N) is 3. The van der Waals surface area contributed by atoms with Crippen molar-refractivity contribution in [2.75, 3.05) is 4.90 Å². The molecule has 1 aliphatic heterocycles. The molecule has 2 heterocycles. The highest BCUT2D eigenvalue weighted by molar-refractivity contribution is 6.52. The number of aliphatic hydroxyl groups is 1. The van der Waals surface area contributed by atoms with Crippen molar-refractivity contribution in [2.24, 2.45) is 0 Å². The van der Waals surface area contributed by atoms with E-state index in [0.29, 0.717) is 21.8 Å². The fraction of sp³-hybridized carbons (Fsp3) is 0.0476. The van der Waals surface area contributed by atoms with Gasteiger partial charge in [0.15, 0.2) is 0 Å². The van der Waals surface area contributed by atoms with Crippen LogP contribution in [0.15, 0.2) is 78.9 Å². The number of Topliss-reactive ketones (excluding diaryl/α,β-unsaturated/α-hetero) is 1. The Morgan fingerprint density at radius 2 is 1.61 bits per heavy atom. The molecule has 4 rings (SSSR count). The van der Waals surface area contributed by atoms with Crippen LogP contribution in [0.5, 0.6) is 0 Å². The molecule has 0 bridgehead atoms. The topological polar surface area (TPSA) is 83.4 Å². The minimum absolute atomic E-state index is 0.0341. The van der Waals surface area contributed by atoms with Crippen molar-refractivity contribution in [3.05, 3.63) is 95.0 Å². The molecule has 28 heavy (non-hydrogen) atoms. The zero-order chi connectivity index (χ0) is 19.7. The van der Waals surface area contributed by atoms with E-state index in [-0.39, 0.29) is 11.3 Å². The fourth-order valence-corrected chi connectivity index (χ4v) is 3.50. The number of carbonyl (C=O) groups is 2. The van der Waals surface area contributed by atoms with Gasteiger partial charge in [-0.2, -0.15) is 0 Å². The number of rotatable bonds is 3. The van der Waals surface area contributed by atoms with Crippen LogP contribution < -0.4 is 4.90 Å². The summed E-state index contributed by atoms with van der Waals surface area (Å²) in [6.07, 6.45) is 4.20. The predicted octanol–water partition coefficient (Wildman–Crippen LogP) is 3.76. The second-order valence-electron chi connectivity index (χ2n) is 6.15. The number of benzene rings is 2. The Morgan fingerprint density at radius 3 is 2.29 bits per heavy atom. The maximum Gasteiger partial charge on any atom is 0.300 e. The zero-order valence-corrected chi connectivity index (χ0v) is 15.2. The maximum absolute atomic E-state index is 12.9. The van der Waals surface area contributed by atoms with Crippen molar-refractivity contribution in [1.82, 2.24) is 9.97 Å². The van der Waals surface area contributed by atoms with Crippen LogP contribution in [0.4, 0.5) is 5.69 Å². The SMILES string of the molecule is O=C1C(=O)N(c2cncnc2)C(c2ccccc2Cl)/C1=C(\O)c1ccccc1. The van der Waals surface area contributed by atoms with Gasteiger partial charge in [0, 0.05) is 10.6 Å². The summed E-state index contributed by atoms with van der Waals surface area (Å²) in [5, 5.41) is 11.3. The molecule has 1 fully saturated rings. The van der Waals surface area contributed by atoms with Crippen LogP contribution in [0.3, 0.4) is 0 Å². The summed E-state index contributed by atoms with van der Waals surface area (Å²) in [5.41, 5.74) is 1.25. The molecule has 0 radical (unpaired) electrons. The summed E-state index contributed by atoms with van der Waals surface area (Å²) in [7, 11) is 0. The van der Waals surface area contributed by atoms with E-state index in [0.717, 1.165) is 0 Å².